The van der Waals surface area contributed by atoms with E-state index in [0.29, 0.717) is 11.3 Å². The number of H-pyrrole nitrogens is 1. The van der Waals surface area contributed by atoms with Crippen LogP contribution in [0.3, 0.4) is 0 Å². The molecule has 1 N–H and O–H groups in total. The molecule has 1 aromatic heterocycles. The molecule has 2 aromatic carbocycles. The molecule has 23 heavy (non-hydrogen) atoms. The number of hydrogen-bond acceptors (Lipinski definition) is 4. The van der Waals surface area contributed by atoms with Gasteiger partial charge in [0.15, 0.2) is 0 Å². The van der Waals surface area contributed by atoms with Gasteiger partial charge in [-0.25, -0.2) is 0 Å². The van der Waals surface area contributed by atoms with Gasteiger partial charge >= 0.3 is 0 Å². The Kier molecular flexibility index (Phi) is 3.98. The van der Waals surface area contributed by atoms with Crippen LogP contribution in [0.25, 0.3) is 22.6 Å². The zero-order valence-electron chi connectivity index (χ0n) is 12.8. The lowest BCUT2D eigenvalue weighted by Crippen LogP contribution is -1.85. The summed E-state index contributed by atoms with van der Waals surface area (Å²) in [6, 6.07) is 15.3. The number of methoxy groups -OCH3 is 2. The molecule has 114 valence electrons. The molecule has 0 aliphatic heterocycles. The monoisotopic (exact) mass is 305 g/mol. The van der Waals surface area contributed by atoms with Crippen molar-refractivity contribution in [3.05, 3.63) is 53.7 Å². The first-order valence-corrected chi connectivity index (χ1v) is 7.03. The van der Waals surface area contributed by atoms with Crippen LogP contribution < -0.4 is 9.47 Å². The summed E-state index contributed by atoms with van der Waals surface area (Å²) in [5.41, 5.74) is 2.86. The van der Waals surface area contributed by atoms with Crippen LogP contribution in [0.4, 0.5) is 0 Å². The molecule has 3 rings (SSSR count). The van der Waals surface area contributed by atoms with Crippen LogP contribution in [0.5, 0.6) is 11.5 Å². The van der Waals surface area contributed by atoms with E-state index in [4.69, 9.17) is 9.47 Å². The standard InChI is InChI=1S/C18H15N3O2/c1-22-14-5-3-12(4-6-14)9-13(11-19)18-16-8-7-15(23-2)10-17(16)20-21-18/h3-10H,1-2H3,(H,20,21)/b13-9+. The van der Waals surface area contributed by atoms with Crippen LogP contribution in [0.2, 0.25) is 0 Å². The lowest BCUT2D eigenvalue weighted by molar-refractivity contribution is 0.415. The molecule has 0 amide bonds. The van der Waals surface area contributed by atoms with Gasteiger partial charge in [0, 0.05) is 11.5 Å². The molecule has 0 bridgehead atoms. The number of hydrogen-bond donors (Lipinski definition) is 1. The molecule has 5 heteroatoms. The first-order chi connectivity index (χ1) is 11.2. The van der Waals surface area contributed by atoms with Crippen LogP contribution in [-0.2, 0) is 0 Å². The second kappa shape index (κ2) is 6.24. The molecular formula is C18H15N3O2. The van der Waals surface area contributed by atoms with Crippen LogP contribution in [0, 0.1) is 11.3 Å². The molecule has 0 atom stereocenters. The quantitative estimate of drug-likeness (QED) is 0.747. The van der Waals surface area contributed by atoms with Crippen molar-refractivity contribution in [2.75, 3.05) is 14.2 Å². The Morgan fingerprint density at radius 1 is 1.09 bits per heavy atom. The summed E-state index contributed by atoms with van der Waals surface area (Å²) >= 11 is 0. The van der Waals surface area contributed by atoms with Crippen LogP contribution in [0.15, 0.2) is 42.5 Å². The van der Waals surface area contributed by atoms with Gasteiger partial charge in [0.1, 0.15) is 23.3 Å². The zero-order chi connectivity index (χ0) is 16.2. The Labute approximate surface area is 133 Å². The number of allylic oxidation sites excluding steroid dienone is 1. The highest BCUT2D eigenvalue weighted by Gasteiger charge is 2.11. The molecule has 0 saturated heterocycles. The summed E-state index contributed by atoms with van der Waals surface area (Å²) in [7, 11) is 3.23. The van der Waals surface area contributed by atoms with Gasteiger partial charge in [-0.2, -0.15) is 10.4 Å². The number of benzene rings is 2. The number of ether oxygens (including phenoxy) is 2. The third kappa shape index (κ3) is 2.87. The molecule has 0 aliphatic rings. The topological polar surface area (TPSA) is 70.9 Å². The van der Waals surface area contributed by atoms with Gasteiger partial charge < -0.3 is 9.47 Å². The van der Waals surface area contributed by atoms with Gasteiger partial charge in [-0.3, -0.25) is 5.10 Å². The Bertz CT molecular complexity index is 902. The summed E-state index contributed by atoms with van der Waals surface area (Å²) in [5.74, 6) is 1.52. The lowest BCUT2D eigenvalue weighted by atomic mass is 10.1. The van der Waals surface area contributed by atoms with Crippen molar-refractivity contribution in [3.8, 4) is 17.6 Å². The Balaban J connectivity index is 2.03. The summed E-state index contributed by atoms with van der Waals surface area (Å²) < 4.78 is 10.3. The number of fused-ring (bicyclic) bond motifs is 1. The fourth-order valence-electron chi connectivity index (χ4n) is 2.35. The van der Waals surface area contributed by atoms with Crippen LogP contribution in [0.1, 0.15) is 11.3 Å². The summed E-state index contributed by atoms with van der Waals surface area (Å²) in [5, 5.41) is 17.6. The third-order valence-corrected chi connectivity index (χ3v) is 3.57. The van der Waals surface area contributed by atoms with Crippen molar-refractivity contribution < 1.29 is 9.47 Å². The number of nitrogens with one attached hydrogen (secondary N) is 1. The van der Waals surface area contributed by atoms with E-state index < -0.39 is 0 Å². The predicted molar refractivity (Wildman–Crippen MR) is 89.1 cm³/mol. The summed E-state index contributed by atoms with van der Waals surface area (Å²) in [4.78, 5) is 0. The Morgan fingerprint density at radius 3 is 2.43 bits per heavy atom. The molecule has 0 saturated carbocycles. The molecule has 0 spiro atoms. The highest BCUT2D eigenvalue weighted by atomic mass is 16.5. The van der Waals surface area contributed by atoms with E-state index in [1.54, 1.807) is 20.3 Å². The number of aromatic nitrogens is 2. The van der Waals surface area contributed by atoms with Gasteiger partial charge in [0.05, 0.1) is 25.3 Å². The first kappa shape index (κ1) is 14.7. The molecule has 1 heterocycles. The van der Waals surface area contributed by atoms with E-state index in [2.05, 4.69) is 16.3 Å². The zero-order valence-corrected chi connectivity index (χ0v) is 12.8. The maximum absolute atomic E-state index is 9.50. The molecule has 3 aromatic rings. The van der Waals surface area contributed by atoms with Crippen molar-refractivity contribution >= 4 is 22.6 Å². The summed E-state index contributed by atoms with van der Waals surface area (Å²) in [6.45, 7) is 0. The number of aromatic amines is 1. The van der Waals surface area contributed by atoms with Crippen molar-refractivity contribution in [1.82, 2.24) is 10.2 Å². The third-order valence-electron chi connectivity index (χ3n) is 3.57. The molecule has 0 radical (unpaired) electrons. The van der Waals surface area contributed by atoms with E-state index in [1.165, 1.54) is 0 Å². The molecule has 5 nitrogen and oxygen atoms in total. The maximum Gasteiger partial charge on any atom is 0.121 e. The molecule has 0 aliphatic carbocycles. The van der Waals surface area contributed by atoms with Gasteiger partial charge in [-0.1, -0.05) is 12.1 Å². The van der Waals surface area contributed by atoms with E-state index in [1.807, 2.05) is 42.5 Å². The first-order valence-electron chi connectivity index (χ1n) is 7.03. The Morgan fingerprint density at radius 2 is 1.78 bits per heavy atom. The van der Waals surface area contributed by atoms with E-state index in [0.717, 1.165) is 28.0 Å². The Hall–Kier alpha value is -3.26. The van der Waals surface area contributed by atoms with Crippen molar-refractivity contribution in [1.29, 1.82) is 5.26 Å². The van der Waals surface area contributed by atoms with Crippen LogP contribution >= 0.6 is 0 Å². The smallest absolute Gasteiger partial charge is 0.121 e. The highest BCUT2D eigenvalue weighted by molar-refractivity contribution is 5.99. The number of nitriles is 1. The van der Waals surface area contributed by atoms with E-state index >= 15 is 0 Å². The van der Waals surface area contributed by atoms with Crippen molar-refractivity contribution in [2.24, 2.45) is 0 Å². The van der Waals surface area contributed by atoms with Gasteiger partial charge in [0.2, 0.25) is 0 Å². The fraction of sp³-hybridized carbons (Fsp3) is 0.111. The minimum atomic E-state index is 0.492. The average Bonchev–Trinajstić information content (AvgIpc) is 3.03. The molecular weight excluding hydrogens is 290 g/mol. The fourth-order valence-corrected chi connectivity index (χ4v) is 2.35. The number of nitrogens with zero attached hydrogens (tertiary/aromatic N) is 2. The van der Waals surface area contributed by atoms with E-state index in [-0.39, 0.29) is 0 Å². The SMILES string of the molecule is COc1ccc(/C=C(\C#N)c2n[nH]c3cc(OC)ccc23)cc1. The number of rotatable bonds is 4. The predicted octanol–water partition coefficient (Wildman–Crippen LogP) is 3.64. The van der Waals surface area contributed by atoms with Crippen molar-refractivity contribution in [2.45, 2.75) is 0 Å². The van der Waals surface area contributed by atoms with E-state index in [9.17, 15) is 5.26 Å². The van der Waals surface area contributed by atoms with Crippen LogP contribution in [-0.4, -0.2) is 24.4 Å². The van der Waals surface area contributed by atoms with Gasteiger partial charge in [-0.15, -0.1) is 0 Å². The molecule has 0 unspecified atom stereocenters. The lowest BCUT2D eigenvalue weighted by Gasteiger charge is -2.01. The highest BCUT2D eigenvalue weighted by Crippen LogP contribution is 2.27. The average molecular weight is 305 g/mol. The minimum absolute atomic E-state index is 0.492. The van der Waals surface area contributed by atoms with Gasteiger partial charge in [-0.05, 0) is 35.9 Å². The second-order valence-electron chi connectivity index (χ2n) is 4.93. The second-order valence-corrected chi connectivity index (χ2v) is 4.93. The van der Waals surface area contributed by atoms with Gasteiger partial charge in [0.25, 0.3) is 0 Å². The molecule has 0 fully saturated rings. The minimum Gasteiger partial charge on any atom is -0.497 e. The van der Waals surface area contributed by atoms with Crippen molar-refractivity contribution in [3.63, 3.8) is 0 Å². The largest absolute Gasteiger partial charge is 0.497 e. The normalized spacial score (nSPS) is 11.3. The maximum atomic E-state index is 9.50. The summed E-state index contributed by atoms with van der Waals surface area (Å²) in [6.07, 6.45) is 1.80.